The number of halogens is 2. The molecule has 25 heavy (non-hydrogen) atoms. The highest BCUT2D eigenvalue weighted by atomic mass is 79.9. The van der Waals surface area contributed by atoms with Crippen molar-refractivity contribution in [2.45, 2.75) is 26.7 Å². The minimum atomic E-state index is 0.160. The van der Waals surface area contributed by atoms with Gasteiger partial charge in [-0.25, -0.2) is 0 Å². The Morgan fingerprint density at radius 2 is 1.20 bits per heavy atom. The van der Waals surface area contributed by atoms with Crippen LogP contribution in [0, 0.1) is 20.8 Å². The van der Waals surface area contributed by atoms with E-state index >= 15 is 0 Å². The highest BCUT2D eigenvalue weighted by Crippen LogP contribution is 2.49. The van der Waals surface area contributed by atoms with Crippen LogP contribution in [0.1, 0.15) is 39.3 Å². The first-order chi connectivity index (χ1) is 11.9. The first kappa shape index (κ1) is 16.9. The summed E-state index contributed by atoms with van der Waals surface area (Å²) in [4.78, 5) is 0. The summed E-state index contributed by atoms with van der Waals surface area (Å²) in [5.74, 6) is 2.05. The maximum atomic E-state index is 6.28. The first-order valence-corrected chi connectivity index (χ1v) is 9.87. The van der Waals surface area contributed by atoms with Crippen LogP contribution in [0.4, 0.5) is 0 Å². The van der Waals surface area contributed by atoms with Gasteiger partial charge in [0.05, 0.1) is 0 Å². The van der Waals surface area contributed by atoms with Crippen molar-refractivity contribution in [2.75, 3.05) is 0 Å². The molecule has 1 nitrogen and oxygen atoms in total. The Bertz CT molecular complexity index is 917. The molecule has 3 heteroatoms. The van der Waals surface area contributed by atoms with Crippen LogP contribution >= 0.6 is 31.9 Å². The largest absolute Gasteiger partial charge is 0.457 e. The standard InChI is InChI=1S/C22H18Br2O/c1-12-4-6-15(7-5-12)22-16-10-18(23)13(2)8-20(16)25-21-9-14(3)19(24)11-17(21)22/h4-11,22H,1-3H3. The van der Waals surface area contributed by atoms with Crippen molar-refractivity contribution in [1.82, 2.24) is 0 Å². The Hall–Kier alpha value is -1.58. The van der Waals surface area contributed by atoms with Gasteiger partial charge < -0.3 is 4.74 Å². The lowest BCUT2D eigenvalue weighted by molar-refractivity contribution is 0.451. The molecule has 0 atom stereocenters. The second-order valence-corrected chi connectivity index (χ2v) is 8.43. The summed E-state index contributed by atoms with van der Waals surface area (Å²) in [7, 11) is 0. The molecule has 0 N–H and O–H groups in total. The fraction of sp³-hybridized carbons (Fsp3) is 0.182. The molecule has 3 aromatic carbocycles. The molecule has 0 radical (unpaired) electrons. The molecular weight excluding hydrogens is 440 g/mol. The van der Waals surface area contributed by atoms with Crippen LogP contribution in [-0.2, 0) is 0 Å². The molecule has 1 aliphatic heterocycles. The van der Waals surface area contributed by atoms with Crippen LogP contribution in [0.15, 0.2) is 57.5 Å². The summed E-state index contributed by atoms with van der Waals surface area (Å²) in [6.07, 6.45) is 0. The summed E-state index contributed by atoms with van der Waals surface area (Å²) >= 11 is 7.37. The van der Waals surface area contributed by atoms with E-state index in [1.807, 2.05) is 0 Å². The monoisotopic (exact) mass is 456 g/mol. The van der Waals surface area contributed by atoms with E-state index in [9.17, 15) is 0 Å². The second-order valence-electron chi connectivity index (χ2n) is 6.72. The molecule has 1 heterocycles. The molecule has 0 aliphatic carbocycles. The smallest absolute Gasteiger partial charge is 0.131 e. The Balaban J connectivity index is 1.99. The van der Waals surface area contributed by atoms with E-state index in [0.717, 1.165) is 20.4 Å². The Morgan fingerprint density at radius 1 is 0.720 bits per heavy atom. The van der Waals surface area contributed by atoms with E-state index in [1.54, 1.807) is 0 Å². The van der Waals surface area contributed by atoms with E-state index in [4.69, 9.17) is 4.74 Å². The molecule has 0 saturated carbocycles. The number of hydrogen-bond donors (Lipinski definition) is 0. The van der Waals surface area contributed by atoms with Crippen molar-refractivity contribution in [3.05, 3.63) is 90.9 Å². The van der Waals surface area contributed by atoms with Crippen LogP contribution in [0.25, 0.3) is 0 Å². The molecule has 0 bridgehead atoms. The molecule has 0 aromatic heterocycles. The zero-order chi connectivity index (χ0) is 17.7. The van der Waals surface area contributed by atoms with Crippen molar-refractivity contribution >= 4 is 31.9 Å². The van der Waals surface area contributed by atoms with Crippen LogP contribution in [-0.4, -0.2) is 0 Å². The minimum absolute atomic E-state index is 0.160. The molecule has 0 unspecified atom stereocenters. The highest BCUT2D eigenvalue weighted by molar-refractivity contribution is 9.10. The number of fused-ring (bicyclic) bond motifs is 2. The summed E-state index contributed by atoms with van der Waals surface area (Å²) in [6, 6.07) is 17.5. The van der Waals surface area contributed by atoms with Crippen molar-refractivity contribution in [3.8, 4) is 11.5 Å². The zero-order valence-electron chi connectivity index (χ0n) is 14.4. The average Bonchev–Trinajstić information content (AvgIpc) is 2.57. The molecule has 126 valence electrons. The van der Waals surface area contributed by atoms with E-state index in [2.05, 4.69) is 101 Å². The first-order valence-electron chi connectivity index (χ1n) is 8.28. The highest BCUT2D eigenvalue weighted by Gasteiger charge is 2.30. The van der Waals surface area contributed by atoms with E-state index in [-0.39, 0.29) is 5.92 Å². The van der Waals surface area contributed by atoms with Gasteiger partial charge in [-0.15, -0.1) is 0 Å². The number of hydrogen-bond acceptors (Lipinski definition) is 1. The number of ether oxygens (including phenoxy) is 1. The van der Waals surface area contributed by atoms with Crippen molar-refractivity contribution in [2.24, 2.45) is 0 Å². The molecule has 3 aromatic rings. The summed E-state index contributed by atoms with van der Waals surface area (Å²) in [5.41, 5.74) is 7.31. The van der Waals surface area contributed by atoms with Crippen molar-refractivity contribution in [3.63, 3.8) is 0 Å². The van der Waals surface area contributed by atoms with Gasteiger partial charge in [-0.2, -0.15) is 0 Å². The summed E-state index contributed by atoms with van der Waals surface area (Å²) < 4.78 is 8.51. The Morgan fingerprint density at radius 3 is 1.68 bits per heavy atom. The molecule has 0 amide bonds. The quantitative estimate of drug-likeness (QED) is 0.289. The lowest BCUT2D eigenvalue weighted by Gasteiger charge is -2.30. The molecule has 0 fully saturated rings. The van der Waals surface area contributed by atoms with Crippen LogP contribution in [0.5, 0.6) is 11.5 Å². The predicted octanol–water partition coefficient (Wildman–Crippen LogP) is 7.42. The van der Waals surface area contributed by atoms with Gasteiger partial charge in [0.15, 0.2) is 0 Å². The lowest BCUT2D eigenvalue weighted by atomic mass is 9.82. The Kier molecular flexibility index (Phi) is 4.25. The third kappa shape index (κ3) is 2.94. The van der Waals surface area contributed by atoms with Gasteiger partial charge in [0, 0.05) is 26.0 Å². The normalized spacial score (nSPS) is 13.2. The van der Waals surface area contributed by atoms with E-state index in [0.29, 0.717) is 0 Å². The molecule has 0 spiro atoms. The number of aryl methyl sites for hydroxylation is 3. The third-order valence-corrected chi connectivity index (χ3v) is 6.54. The van der Waals surface area contributed by atoms with Crippen LogP contribution in [0.2, 0.25) is 0 Å². The SMILES string of the molecule is Cc1ccc(C2c3cc(Br)c(C)cc3Oc3cc(C)c(Br)cc32)cc1. The fourth-order valence-corrected chi connectivity index (χ4v) is 4.09. The van der Waals surface area contributed by atoms with Gasteiger partial charge in [-0.05, 0) is 61.7 Å². The van der Waals surface area contributed by atoms with E-state index in [1.165, 1.54) is 33.4 Å². The Labute approximate surface area is 165 Å². The number of rotatable bonds is 1. The molecule has 0 saturated heterocycles. The van der Waals surface area contributed by atoms with Gasteiger partial charge in [0.25, 0.3) is 0 Å². The fourth-order valence-electron chi connectivity index (χ4n) is 3.37. The van der Waals surface area contributed by atoms with Gasteiger partial charge >= 0.3 is 0 Å². The minimum Gasteiger partial charge on any atom is -0.457 e. The third-order valence-electron chi connectivity index (χ3n) is 4.83. The van der Waals surface area contributed by atoms with Crippen molar-refractivity contribution < 1.29 is 4.74 Å². The van der Waals surface area contributed by atoms with Gasteiger partial charge in [0.1, 0.15) is 11.5 Å². The van der Waals surface area contributed by atoms with Gasteiger partial charge in [-0.1, -0.05) is 61.7 Å². The van der Waals surface area contributed by atoms with Gasteiger partial charge in [0.2, 0.25) is 0 Å². The van der Waals surface area contributed by atoms with E-state index < -0.39 is 0 Å². The topological polar surface area (TPSA) is 9.23 Å². The maximum absolute atomic E-state index is 6.28. The average molecular weight is 458 g/mol. The molecule has 1 aliphatic rings. The molecular formula is C22H18Br2O. The summed E-state index contributed by atoms with van der Waals surface area (Å²) in [6.45, 7) is 6.31. The summed E-state index contributed by atoms with van der Waals surface area (Å²) in [5, 5.41) is 0. The van der Waals surface area contributed by atoms with Gasteiger partial charge in [-0.3, -0.25) is 0 Å². The predicted molar refractivity (Wildman–Crippen MR) is 110 cm³/mol. The van der Waals surface area contributed by atoms with Crippen molar-refractivity contribution in [1.29, 1.82) is 0 Å². The van der Waals surface area contributed by atoms with Crippen LogP contribution in [0.3, 0.4) is 0 Å². The maximum Gasteiger partial charge on any atom is 0.131 e. The zero-order valence-corrected chi connectivity index (χ0v) is 17.5. The second kappa shape index (κ2) is 6.30. The lowest BCUT2D eigenvalue weighted by Crippen LogP contribution is -2.12. The number of benzene rings is 3. The van der Waals surface area contributed by atoms with Crippen LogP contribution < -0.4 is 4.74 Å². The molecule has 4 rings (SSSR count).